The van der Waals surface area contributed by atoms with E-state index in [4.69, 9.17) is 0 Å². The minimum atomic E-state index is -0.304. The maximum Gasteiger partial charge on any atom is 0.251 e. The summed E-state index contributed by atoms with van der Waals surface area (Å²) < 4.78 is 0. The van der Waals surface area contributed by atoms with Gasteiger partial charge in [-0.2, -0.15) is 0 Å². The van der Waals surface area contributed by atoms with E-state index in [1.165, 1.54) is 30.4 Å². The topological polar surface area (TPSA) is 98.7 Å². The van der Waals surface area contributed by atoms with Crippen molar-refractivity contribution in [2.24, 2.45) is 0 Å². The molecule has 0 aliphatic rings. The minimum absolute atomic E-state index is 0.0448. The molecular weight excluding hydrogens is 320 g/mol. The van der Waals surface area contributed by atoms with Crippen molar-refractivity contribution in [3.8, 4) is 11.5 Å². The molecule has 0 radical (unpaired) electrons. The van der Waals surface area contributed by atoms with Crippen molar-refractivity contribution < 1.29 is 19.8 Å². The lowest BCUT2D eigenvalue weighted by atomic mass is 10.2. The zero-order valence-corrected chi connectivity index (χ0v) is 13.6. The van der Waals surface area contributed by atoms with Crippen LogP contribution in [-0.4, -0.2) is 35.1 Å². The molecule has 0 fully saturated rings. The first-order valence-corrected chi connectivity index (χ1v) is 7.87. The van der Waals surface area contributed by atoms with Crippen LogP contribution in [0, 0.1) is 0 Å². The molecule has 0 aliphatic heterocycles. The summed E-state index contributed by atoms with van der Waals surface area (Å²) in [4.78, 5) is 23.5. The van der Waals surface area contributed by atoms with Gasteiger partial charge < -0.3 is 20.8 Å². The Kier molecular flexibility index (Phi) is 6.59. The van der Waals surface area contributed by atoms with Gasteiger partial charge >= 0.3 is 0 Å². The monoisotopic (exact) mass is 340 g/mol. The van der Waals surface area contributed by atoms with Gasteiger partial charge in [-0.05, 0) is 36.8 Å². The standard InChI is InChI=1S/C19H20N2O4/c22-16-9-7-14(17(23)13-16)8-10-18(24)20-11-4-12-21-19(25)15-5-2-1-3-6-15/h1-3,5-10,13,22-23H,4,11-12H2,(H,20,24)(H,21,25)/b10-8+. The quantitative estimate of drug-likeness (QED) is 0.458. The first-order valence-electron chi connectivity index (χ1n) is 7.87. The zero-order chi connectivity index (χ0) is 18.1. The molecule has 0 saturated heterocycles. The molecule has 0 aliphatic carbocycles. The number of carbonyl (C=O) groups is 2. The summed E-state index contributed by atoms with van der Waals surface area (Å²) in [6, 6.07) is 13.0. The van der Waals surface area contributed by atoms with Gasteiger partial charge in [-0.15, -0.1) is 0 Å². The van der Waals surface area contributed by atoms with Crippen LogP contribution >= 0.6 is 0 Å². The Labute approximate surface area is 145 Å². The molecule has 4 N–H and O–H groups in total. The van der Waals surface area contributed by atoms with Crippen molar-refractivity contribution in [3.63, 3.8) is 0 Å². The fourth-order valence-corrected chi connectivity index (χ4v) is 2.09. The summed E-state index contributed by atoms with van der Waals surface area (Å²) >= 11 is 0. The third kappa shape index (κ3) is 6.02. The first kappa shape index (κ1) is 18.1. The summed E-state index contributed by atoms with van der Waals surface area (Å²) in [6.07, 6.45) is 3.36. The lowest BCUT2D eigenvalue weighted by molar-refractivity contribution is -0.116. The molecule has 0 unspecified atom stereocenters. The average molecular weight is 340 g/mol. The summed E-state index contributed by atoms with van der Waals surface area (Å²) in [5.41, 5.74) is 1.03. The van der Waals surface area contributed by atoms with E-state index in [2.05, 4.69) is 10.6 Å². The van der Waals surface area contributed by atoms with Crippen molar-refractivity contribution in [2.75, 3.05) is 13.1 Å². The fourth-order valence-electron chi connectivity index (χ4n) is 2.09. The van der Waals surface area contributed by atoms with E-state index in [1.54, 1.807) is 24.3 Å². The SMILES string of the molecule is O=C(/C=C/c1ccc(O)cc1O)NCCCNC(=O)c1ccccc1. The van der Waals surface area contributed by atoms with Gasteiger partial charge in [0, 0.05) is 36.4 Å². The number of hydrogen-bond acceptors (Lipinski definition) is 4. The maximum atomic E-state index is 11.8. The van der Waals surface area contributed by atoms with E-state index in [-0.39, 0.29) is 23.3 Å². The second-order valence-electron chi connectivity index (χ2n) is 5.34. The number of nitrogens with one attached hydrogen (secondary N) is 2. The highest BCUT2D eigenvalue weighted by Gasteiger charge is 2.03. The van der Waals surface area contributed by atoms with Crippen molar-refractivity contribution in [2.45, 2.75) is 6.42 Å². The van der Waals surface area contributed by atoms with Crippen LogP contribution in [0.1, 0.15) is 22.3 Å². The Morgan fingerprint density at radius 3 is 2.40 bits per heavy atom. The van der Waals surface area contributed by atoms with Gasteiger partial charge in [-0.25, -0.2) is 0 Å². The molecule has 2 aromatic rings. The van der Waals surface area contributed by atoms with Gasteiger partial charge in [0.05, 0.1) is 0 Å². The third-order valence-corrected chi connectivity index (χ3v) is 3.40. The molecule has 6 nitrogen and oxygen atoms in total. The molecule has 0 atom stereocenters. The Balaban J connectivity index is 1.67. The Bertz CT molecular complexity index is 757. The minimum Gasteiger partial charge on any atom is -0.508 e. The van der Waals surface area contributed by atoms with Gasteiger partial charge in [0.1, 0.15) is 11.5 Å². The largest absolute Gasteiger partial charge is 0.508 e. The molecule has 2 amide bonds. The molecule has 0 heterocycles. The van der Waals surface area contributed by atoms with Gasteiger partial charge in [-0.1, -0.05) is 18.2 Å². The second kappa shape index (κ2) is 9.12. The number of hydrogen-bond donors (Lipinski definition) is 4. The van der Waals surface area contributed by atoms with Crippen LogP contribution in [-0.2, 0) is 4.79 Å². The first-order chi connectivity index (χ1) is 12.1. The maximum absolute atomic E-state index is 11.8. The van der Waals surface area contributed by atoms with Crippen LogP contribution in [0.3, 0.4) is 0 Å². The molecule has 130 valence electrons. The molecule has 2 rings (SSSR count). The number of aromatic hydroxyl groups is 2. The van der Waals surface area contributed by atoms with Gasteiger partial charge in [0.15, 0.2) is 0 Å². The average Bonchev–Trinajstić information content (AvgIpc) is 2.61. The summed E-state index contributed by atoms with van der Waals surface area (Å²) in [6.45, 7) is 0.871. The van der Waals surface area contributed by atoms with E-state index in [1.807, 2.05) is 6.07 Å². The zero-order valence-electron chi connectivity index (χ0n) is 13.6. The van der Waals surface area contributed by atoms with Gasteiger partial charge in [0.2, 0.25) is 5.91 Å². The van der Waals surface area contributed by atoms with E-state index in [0.717, 1.165) is 0 Å². The normalized spacial score (nSPS) is 10.6. The van der Waals surface area contributed by atoms with E-state index in [0.29, 0.717) is 30.6 Å². The lowest BCUT2D eigenvalue weighted by Crippen LogP contribution is -2.29. The fraction of sp³-hybridized carbons (Fsp3) is 0.158. The van der Waals surface area contributed by atoms with Gasteiger partial charge in [-0.3, -0.25) is 9.59 Å². The molecular formula is C19H20N2O4. The molecule has 2 aromatic carbocycles. The molecule has 0 bridgehead atoms. The molecule has 0 saturated carbocycles. The Hall–Kier alpha value is -3.28. The van der Waals surface area contributed by atoms with Crippen molar-refractivity contribution in [1.29, 1.82) is 0 Å². The number of carbonyl (C=O) groups excluding carboxylic acids is 2. The molecule has 0 spiro atoms. The molecule has 0 aromatic heterocycles. The summed E-state index contributed by atoms with van der Waals surface area (Å²) in [7, 11) is 0. The van der Waals surface area contributed by atoms with E-state index >= 15 is 0 Å². The van der Waals surface area contributed by atoms with Crippen LogP contribution in [0.15, 0.2) is 54.6 Å². The Morgan fingerprint density at radius 2 is 1.68 bits per heavy atom. The highest BCUT2D eigenvalue weighted by atomic mass is 16.3. The highest BCUT2D eigenvalue weighted by Crippen LogP contribution is 2.23. The number of phenolic OH excluding ortho intramolecular Hbond substituents is 2. The van der Waals surface area contributed by atoms with Crippen molar-refractivity contribution in [3.05, 3.63) is 65.7 Å². The summed E-state index contributed by atoms with van der Waals surface area (Å²) in [5.74, 6) is -0.596. The van der Waals surface area contributed by atoms with Crippen molar-refractivity contribution >= 4 is 17.9 Å². The highest BCUT2D eigenvalue weighted by molar-refractivity contribution is 5.94. The molecule has 25 heavy (non-hydrogen) atoms. The van der Waals surface area contributed by atoms with Crippen LogP contribution in [0.5, 0.6) is 11.5 Å². The van der Waals surface area contributed by atoms with Crippen LogP contribution in [0.25, 0.3) is 6.08 Å². The third-order valence-electron chi connectivity index (χ3n) is 3.40. The van der Waals surface area contributed by atoms with E-state index in [9.17, 15) is 19.8 Å². The van der Waals surface area contributed by atoms with Gasteiger partial charge in [0.25, 0.3) is 5.91 Å². The summed E-state index contributed by atoms with van der Waals surface area (Å²) in [5, 5.41) is 24.3. The lowest BCUT2D eigenvalue weighted by Gasteiger charge is -2.05. The number of rotatable bonds is 7. The second-order valence-corrected chi connectivity index (χ2v) is 5.34. The number of benzene rings is 2. The number of amides is 2. The predicted octanol–water partition coefficient (Wildman–Crippen LogP) is 2.05. The van der Waals surface area contributed by atoms with Crippen LogP contribution in [0.4, 0.5) is 0 Å². The Morgan fingerprint density at radius 1 is 0.960 bits per heavy atom. The smallest absolute Gasteiger partial charge is 0.251 e. The predicted molar refractivity (Wildman–Crippen MR) is 95.2 cm³/mol. The van der Waals surface area contributed by atoms with Crippen LogP contribution in [0.2, 0.25) is 0 Å². The molecule has 6 heteroatoms. The van der Waals surface area contributed by atoms with E-state index < -0.39 is 0 Å². The van der Waals surface area contributed by atoms with Crippen molar-refractivity contribution in [1.82, 2.24) is 10.6 Å². The number of phenols is 2. The van der Waals surface area contributed by atoms with Crippen LogP contribution < -0.4 is 10.6 Å².